The number of fused-ring (bicyclic) bond motifs is 5. The highest BCUT2D eigenvalue weighted by molar-refractivity contribution is 6.11. The Morgan fingerprint density at radius 2 is 1.86 bits per heavy atom. The zero-order valence-corrected chi connectivity index (χ0v) is 12.8. The van der Waals surface area contributed by atoms with E-state index in [0.717, 1.165) is 27.6 Å². The first kappa shape index (κ1) is 13.1. The maximum atomic E-state index is 12.4. The van der Waals surface area contributed by atoms with E-state index >= 15 is 0 Å². The van der Waals surface area contributed by atoms with E-state index in [1.807, 2.05) is 30.3 Å². The summed E-state index contributed by atoms with van der Waals surface area (Å²) in [7, 11) is 0. The molecule has 0 aliphatic carbocycles. The third-order valence-corrected chi connectivity index (χ3v) is 3.94. The van der Waals surface area contributed by atoms with Gasteiger partial charge in [-0.3, -0.25) is 9.20 Å². The van der Waals surface area contributed by atoms with Gasteiger partial charge in [0.2, 0.25) is 0 Å². The zero-order valence-electron chi connectivity index (χ0n) is 12.8. The van der Waals surface area contributed by atoms with E-state index < -0.39 is 0 Å². The van der Waals surface area contributed by atoms with Gasteiger partial charge in [-0.25, -0.2) is 4.98 Å². The van der Waals surface area contributed by atoms with Crippen LogP contribution in [0.4, 0.5) is 0 Å². The lowest BCUT2D eigenvalue weighted by Crippen LogP contribution is -2.22. The van der Waals surface area contributed by atoms with Crippen LogP contribution >= 0.6 is 0 Å². The third-order valence-electron chi connectivity index (χ3n) is 3.94. The van der Waals surface area contributed by atoms with Gasteiger partial charge in [0, 0.05) is 23.1 Å². The van der Waals surface area contributed by atoms with Gasteiger partial charge in [0.25, 0.3) is 5.56 Å². The molecule has 0 bridgehead atoms. The van der Waals surface area contributed by atoms with E-state index in [1.165, 1.54) is 0 Å². The fourth-order valence-electron chi connectivity index (χ4n) is 2.75. The minimum Gasteiger partial charge on any atom is -0.456 e. The SMILES string of the molecule is CC(C)(C)c1cc(=O)n2ccc3oc4ccccc4c3c2n1. The van der Waals surface area contributed by atoms with Crippen LogP contribution in [0.5, 0.6) is 0 Å². The number of nitrogens with zero attached hydrogens (tertiary/aromatic N) is 2. The van der Waals surface area contributed by atoms with Gasteiger partial charge < -0.3 is 4.42 Å². The summed E-state index contributed by atoms with van der Waals surface area (Å²) < 4.78 is 7.45. The van der Waals surface area contributed by atoms with Gasteiger partial charge in [0.15, 0.2) is 5.65 Å². The molecule has 4 rings (SSSR count). The van der Waals surface area contributed by atoms with Gasteiger partial charge in [0.1, 0.15) is 11.2 Å². The number of furan rings is 1. The summed E-state index contributed by atoms with van der Waals surface area (Å²) in [4.78, 5) is 17.2. The molecule has 0 saturated heterocycles. The van der Waals surface area contributed by atoms with Crippen LogP contribution < -0.4 is 5.56 Å². The Hall–Kier alpha value is -2.62. The van der Waals surface area contributed by atoms with Crippen LogP contribution in [0.15, 0.2) is 51.8 Å². The summed E-state index contributed by atoms with van der Waals surface area (Å²) >= 11 is 0. The Kier molecular flexibility index (Phi) is 2.49. The van der Waals surface area contributed by atoms with Gasteiger partial charge in [-0.05, 0) is 12.1 Å². The molecule has 0 aliphatic heterocycles. The van der Waals surface area contributed by atoms with Crippen molar-refractivity contribution < 1.29 is 4.42 Å². The number of aromatic nitrogens is 2. The van der Waals surface area contributed by atoms with Crippen molar-refractivity contribution >= 4 is 27.6 Å². The smallest absolute Gasteiger partial charge is 0.258 e. The monoisotopic (exact) mass is 292 g/mol. The van der Waals surface area contributed by atoms with E-state index in [4.69, 9.17) is 9.40 Å². The molecule has 4 heteroatoms. The first-order valence-electron chi connectivity index (χ1n) is 7.29. The lowest BCUT2D eigenvalue weighted by molar-refractivity contribution is 0.567. The molecule has 0 saturated carbocycles. The highest BCUT2D eigenvalue weighted by Gasteiger charge is 2.19. The van der Waals surface area contributed by atoms with Gasteiger partial charge >= 0.3 is 0 Å². The molecule has 3 heterocycles. The van der Waals surface area contributed by atoms with E-state index in [0.29, 0.717) is 5.65 Å². The van der Waals surface area contributed by atoms with Crippen LogP contribution in [-0.2, 0) is 5.41 Å². The number of hydrogen-bond donors (Lipinski definition) is 0. The number of para-hydroxylation sites is 1. The summed E-state index contributed by atoms with van der Waals surface area (Å²) in [5, 5.41) is 1.87. The second-order valence-corrected chi connectivity index (χ2v) is 6.58. The molecule has 0 atom stereocenters. The normalized spacial score (nSPS) is 12.5. The molecule has 0 spiro atoms. The van der Waals surface area contributed by atoms with Crippen molar-refractivity contribution in [3.8, 4) is 0 Å². The highest BCUT2D eigenvalue weighted by Crippen LogP contribution is 2.31. The minimum absolute atomic E-state index is 0.0675. The predicted octanol–water partition coefficient (Wildman–Crippen LogP) is 3.89. The summed E-state index contributed by atoms with van der Waals surface area (Å²) in [6.07, 6.45) is 1.72. The van der Waals surface area contributed by atoms with Crippen molar-refractivity contribution in [1.29, 1.82) is 0 Å². The molecule has 3 aromatic heterocycles. The van der Waals surface area contributed by atoms with Crippen molar-refractivity contribution in [1.82, 2.24) is 9.38 Å². The second-order valence-electron chi connectivity index (χ2n) is 6.58. The van der Waals surface area contributed by atoms with Crippen molar-refractivity contribution in [2.75, 3.05) is 0 Å². The van der Waals surface area contributed by atoms with Gasteiger partial charge in [0.05, 0.1) is 11.1 Å². The van der Waals surface area contributed by atoms with Crippen molar-refractivity contribution in [2.45, 2.75) is 26.2 Å². The molecule has 0 amide bonds. The lowest BCUT2D eigenvalue weighted by Gasteiger charge is -2.17. The molecule has 0 N–H and O–H groups in total. The third kappa shape index (κ3) is 1.77. The van der Waals surface area contributed by atoms with E-state index in [9.17, 15) is 4.79 Å². The van der Waals surface area contributed by atoms with Crippen molar-refractivity contribution in [2.24, 2.45) is 0 Å². The van der Waals surface area contributed by atoms with Crippen LogP contribution in [0.3, 0.4) is 0 Å². The second kappa shape index (κ2) is 4.19. The number of benzene rings is 1. The summed E-state index contributed by atoms with van der Waals surface area (Å²) in [6, 6.07) is 11.3. The molecule has 0 fully saturated rings. The Bertz CT molecular complexity index is 1080. The van der Waals surface area contributed by atoms with E-state index in [1.54, 1.807) is 16.7 Å². The van der Waals surface area contributed by atoms with Crippen molar-refractivity contribution in [3.63, 3.8) is 0 Å². The van der Waals surface area contributed by atoms with Gasteiger partial charge in [-0.2, -0.15) is 0 Å². The largest absolute Gasteiger partial charge is 0.456 e. The Balaban J connectivity index is 2.27. The molecule has 4 aromatic rings. The lowest BCUT2D eigenvalue weighted by atomic mass is 9.92. The van der Waals surface area contributed by atoms with Gasteiger partial charge in [-0.15, -0.1) is 0 Å². The van der Waals surface area contributed by atoms with Crippen LogP contribution in [0.2, 0.25) is 0 Å². The molecule has 0 aliphatic rings. The van der Waals surface area contributed by atoms with E-state index in [-0.39, 0.29) is 11.0 Å². The summed E-state index contributed by atoms with van der Waals surface area (Å²) in [5.74, 6) is 0. The molecular weight excluding hydrogens is 276 g/mol. The topological polar surface area (TPSA) is 47.5 Å². The predicted molar refractivity (Wildman–Crippen MR) is 87.4 cm³/mol. The Morgan fingerprint density at radius 1 is 1.09 bits per heavy atom. The van der Waals surface area contributed by atoms with Crippen LogP contribution in [0.25, 0.3) is 27.6 Å². The standard InChI is InChI=1S/C18H16N2O2/c1-18(2,3)14-10-15(21)20-9-8-13-16(17(20)19-14)11-6-4-5-7-12(11)22-13/h4-10H,1-3H3. The number of pyridine rings is 1. The minimum atomic E-state index is -0.185. The fourth-order valence-corrected chi connectivity index (χ4v) is 2.75. The molecular formula is C18H16N2O2. The zero-order chi connectivity index (χ0) is 15.5. The van der Waals surface area contributed by atoms with E-state index in [2.05, 4.69) is 20.8 Å². The first-order valence-corrected chi connectivity index (χ1v) is 7.29. The number of hydrogen-bond acceptors (Lipinski definition) is 3. The average Bonchev–Trinajstić information content (AvgIpc) is 2.84. The summed E-state index contributed by atoms with van der Waals surface area (Å²) in [6.45, 7) is 6.16. The van der Waals surface area contributed by atoms with Crippen LogP contribution in [0.1, 0.15) is 26.5 Å². The molecule has 0 unspecified atom stereocenters. The van der Waals surface area contributed by atoms with Crippen LogP contribution in [0, 0.1) is 0 Å². The molecule has 0 radical (unpaired) electrons. The number of rotatable bonds is 0. The van der Waals surface area contributed by atoms with Crippen LogP contribution in [-0.4, -0.2) is 9.38 Å². The molecule has 110 valence electrons. The molecule has 22 heavy (non-hydrogen) atoms. The molecule has 1 aromatic carbocycles. The highest BCUT2D eigenvalue weighted by atomic mass is 16.3. The van der Waals surface area contributed by atoms with Crippen molar-refractivity contribution in [3.05, 3.63) is 58.6 Å². The maximum absolute atomic E-state index is 12.4. The molecule has 4 nitrogen and oxygen atoms in total. The Morgan fingerprint density at radius 3 is 2.64 bits per heavy atom. The first-order chi connectivity index (χ1) is 10.4. The average molecular weight is 292 g/mol. The Labute approximate surface area is 127 Å². The summed E-state index contributed by atoms with van der Waals surface area (Å²) in [5.41, 5.74) is 2.74. The maximum Gasteiger partial charge on any atom is 0.258 e. The quantitative estimate of drug-likeness (QED) is 0.494. The van der Waals surface area contributed by atoms with Gasteiger partial charge in [-0.1, -0.05) is 39.0 Å². The fraction of sp³-hybridized carbons (Fsp3) is 0.222.